The summed E-state index contributed by atoms with van der Waals surface area (Å²) in [7, 11) is 1.73. The zero-order chi connectivity index (χ0) is 18.4. The van der Waals surface area contributed by atoms with Gasteiger partial charge in [0.1, 0.15) is 16.4 Å². The molecular formula is C20H21ClN4OS. The molecule has 1 fully saturated rings. The molecule has 2 aromatic heterocycles. The molecule has 0 radical (unpaired) electrons. The van der Waals surface area contributed by atoms with Crippen molar-refractivity contribution in [2.75, 3.05) is 43.1 Å². The van der Waals surface area contributed by atoms with Crippen LogP contribution in [0.4, 0.5) is 11.5 Å². The first-order chi connectivity index (χ1) is 13.2. The van der Waals surface area contributed by atoms with Crippen LogP contribution in [0.1, 0.15) is 16.9 Å². The van der Waals surface area contributed by atoms with E-state index < -0.39 is 0 Å². The van der Waals surface area contributed by atoms with E-state index in [2.05, 4.69) is 31.9 Å². The van der Waals surface area contributed by atoms with E-state index in [1.807, 2.05) is 12.1 Å². The summed E-state index contributed by atoms with van der Waals surface area (Å²) in [5, 5.41) is 1.59. The molecule has 0 spiro atoms. The smallest absolute Gasteiger partial charge is 0.225 e. The number of methoxy groups -OCH3 is 1. The highest BCUT2D eigenvalue weighted by Gasteiger charge is 2.27. The normalized spacial score (nSPS) is 16.8. The number of hydrogen-bond donors (Lipinski definition) is 0. The lowest BCUT2D eigenvalue weighted by Crippen LogP contribution is -2.47. The van der Waals surface area contributed by atoms with Crippen molar-refractivity contribution in [2.45, 2.75) is 19.3 Å². The molecule has 1 aliphatic heterocycles. The number of piperazine rings is 1. The number of halogens is 1. The Morgan fingerprint density at radius 2 is 1.81 bits per heavy atom. The maximum Gasteiger partial charge on any atom is 0.225 e. The molecule has 5 rings (SSSR count). The minimum Gasteiger partial charge on any atom is -0.495 e. The second kappa shape index (κ2) is 6.84. The molecule has 0 atom stereocenters. The molecule has 7 heteroatoms. The fourth-order valence-electron chi connectivity index (χ4n) is 4.23. The van der Waals surface area contributed by atoms with Crippen molar-refractivity contribution in [3.63, 3.8) is 0 Å². The number of benzene rings is 1. The molecule has 3 aromatic rings. The number of aryl methyl sites for hydroxylation is 2. The molecule has 27 heavy (non-hydrogen) atoms. The van der Waals surface area contributed by atoms with Gasteiger partial charge in [-0.2, -0.15) is 4.98 Å². The maximum atomic E-state index is 6.26. The SMILES string of the molecule is COc1ccccc1N1CCN(c2nc(Cl)nc3sc4c(c23)CCC4)CC1. The highest BCUT2D eigenvalue weighted by atomic mass is 35.5. The summed E-state index contributed by atoms with van der Waals surface area (Å²) in [5.41, 5.74) is 2.61. The quantitative estimate of drug-likeness (QED) is 0.617. The number of thiophene rings is 1. The van der Waals surface area contributed by atoms with Crippen molar-refractivity contribution in [2.24, 2.45) is 0 Å². The fraction of sp³-hybridized carbons (Fsp3) is 0.400. The average Bonchev–Trinajstić information content (AvgIpc) is 3.28. The summed E-state index contributed by atoms with van der Waals surface area (Å²) in [5.74, 6) is 1.94. The first-order valence-electron chi connectivity index (χ1n) is 9.35. The van der Waals surface area contributed by atoms with Gasteiger partial charge in [0.25, 0.3) is 0 Å². The summed E-state index contributed by atoms with van der Waals surface area (Å²) in [6.45, 7) is 3.67. The molecule has 0 amide bonds. The van der Waals surface area contributed by atoms with Crippen LogP contribution in [0.5, 0.6) is 5.75 Å². The highest BCUT2D eigenvalue weighted by Crippen LogP contribution is 2.41. The Balaban J connectivity index is 1.44. The van der Waals surface area contributed by atoms with Crippen LogP contribution in [0.2, 0.25) is 5.28 Å². The number of rotatable bonds is 3. The van der Waals surface area contributed by atoms with Gasteiger partial charge in [0, 0.05) is 31.1 Å². The summed E-state index contributed by atoms with van der Waals surface area (Å²) in [6.07, 6.45) is 3.53. The fourth-order valence-corrected chi connectivity index (χ4v) is 5.70. The molecule has 2 aliphatic rings. The molecule has 1 aliphatic carbocycles. The van der Waals surface area contributed by atoms with E-state index >= 15 is 0 Å². The lowest BCUT2D eigenvalue weighted by molar-refractivity contribution is 0.413. The van der Waals surface area contributed by atoms with Gasteiger partial charge in [0.2, 0.25) is 5.28 Å². The Hall–Kier alpha value is -2.05. The Morgan fingerprint density at radius 3 is 2.63 bits per heavy atom. The third-order valence-electron chi connectivity index (χ3n) is 5.52. The van der Waals surface area contributed by atoms with Gasteiger partial charge in [-0.25, -0.2) is 4.98 Å². The van der Waals surface area contributed by atoms with Gasteiger partial charge in [0.05, 0.1) is 18.2 Å². The van der Waals surface area contributed by atoms with E-state index in [1.165, 1.54) is 22.2 Å². The van der Waals surface area contributed by atoms with Crippen LogP contribution in [-0.4, -0.2) is 43.3 Å². The van der Waals surface area contributed by atoms with E-state index in [9.17, 15) is 0 Å². The first kappa shape index (κ1) is 17.1. The van der Waals surface area contributed by atoms with Gasteiger partial charge < -0.3 is 14.5 Å². The average molecular weight is 401 g/mol. The number of aromatic nitrogens is 2. The van der Waals surface area contributed by atoms with Gasteiger partial charge >= 0.3 is 0 Å². The third kappa shape index (κ3) is 2.91. The topological polar surface area (TPSA) is 41.5 Å². The molecule has 0 bridgehead atoms. The standard InChI is InChI=1S/C20H21ClN4OS/c1-26-15-7-3-2-6-14(15)24-9-11-25(12-10-24)18-17-13-5-4-8-16(13)27-19(17)23-20(21)22-18/h2-3,6-7H,4-5,8-12H2,1H3. The van der Waals surface area contributed by atoms with Gasteiger partial charge in [-0.15, -0.1) is 11.3 Å². The molecule has 0 N–H and O–H groups in total. The van der Waals surface area contributed by atoms with E-state index in [1.54, 1.807) is 18.4 Å². The molecule has 5 nitrogen and oxygen atoms in total. The van der Waals surface area contributed by atoms with Gasteiger partial charge in [-0.05, 0) is 48.6 Å². The van der Waals surface area contributed by atoms with Crippen LogP contribution in [0.25, 0.3) is 10.2 Å². The predicted octanol–water partition coefficient (Wildman–Crippen LogP) is 4.17. The van der Waals surface area contributed by atoms with Gasteiger partial charge in [-0.1, -0.05) is 12.1 Å². The molecule has 1 saturated heterocycles. The lowest BCUT2D eigenvalue weighted by atomic mass is 10.1. The molecule has 140 valence electrons. The van der Waals surface area contributed by atoms with Crippen molar-refractivity contribution >= 4 is 44.7 Å². The molecular weight excluding hydrogens is 380 g/mol. The van der Waals surface area contributed by atoms with Crippen LogP contribution in [-0.2, 0) is 12.8 Å². The Morgan fingerprint density at radius 1 is 1.04 bits per heavy atom. The number of ether oxygens (including phenoxy) is 1. The molecule has 3 heterocycles. The summed E-state index contributed by atoms with van der Waals surface area (Å²) in [6, 6.07) is 8.21. The van der Waals surface area contributed by atoms with Crippen molar-refractivity contribution < 1.29 is 4.74 Å². The van der Waals surface area contributed by atoms with Crippen LogP contribution in [0.3, 0.4) is 0 Å². The van der Waals surface area contributed by atoms with Crippen LogP contribution < -0.4 is 14.5 Å². The molecule has 1 aromatic carbocycles. The first-order valence-corrected chi connectivity index (χ1v) is 10.5. The van der Waals surface area contributed by atoms with Crippen LogP contribution in [0, 0.1) is 0 Å². The van der Waals surface area contributed by atoms with Crippen molar-refractivity contribution in [3.05, 3.63) is 40.0 Å². The molecule has 0 saturated carbocycles. The van der Waals surface area contributed by atoms with Gasteiger partial charge in [0.15, 0.2) is 0 Å². The molecule has 0 unspecified atom stereocenters. The summed E-state index contributed by atoms with van der Waals surface area (Å²) in [4.78, 5) is 16.4. The predicted molar refractivity (Wildman–Crippen MR) is 112 cm³/mol. The number of nitrogens with zero attached hydrogens (tertiary/aromatic N) is 4. The van der Waals surface area contributed by atoms with Crippen molar-refractivity contribution in [1.82, 2.24) is 9.97 Å². The number of fused-ring (bicyclic) bond motifs is 3. The second-order valence-corrected chi connectivity index (χ2v) is 8.42. The van der Waals surface area contributed by atoms with Crippen molar-refractivity contribution in [3.8, 4) is 5.75 Å². The summed E-state index contributed by atoms with van der Waals surface area (Å²) < 4.78 is 5.53. The number of hydrogen-bond acceptors (Lipinski definition) is 6. The lowest BCUT2D eigenvalue weighted by Gasteiger charge is -2.37. The van der Waals surface area contributed by atoms with E-state index in [-0.39, 0.29) is 0 Å². The zero-order valence-corrected chi connectivity index (χ0v) is 16.8. The van der Waals surface area contributed by atoms with Crippen LogP contribution >= 0.6 is 22.9 Å². The van der Waals surface area contributed by atoms with Crippen LogP contribution in [0.15, 0.2) is 24.3 Å². The zero-order valence-electron chi connectivity index (χ0n) is 15.2. The Kier molecular flexibility index (Phi) is 4.32. The van der Waals surface area contributed by atoms with E-state index in [4.69, 9.17) is 16.3 Å². The monoisotopic (exact) mass is 400 g/mol. The largest absolute Gasteiger partial charge is 0.495 e. The van der Waals surface area contributed by atoms with Crippen molar-refractivity contribution in [1.29, 1.82) is 0 Å². The Labute approximate surface area is 167 Å². The maximum absolute atomic E-state index is 6.26. The van der Waals surface area contributed by atoms with E-state index in [0.717, 1.165) is 61.1 Å². The summed E-state index contributed by atoms with van der Waals surface area (Å²) >= 11 is 8.05. The highest BCUT2D eigenvalue weighted by molar-refractivity contribution is 7.19. The minimum atomic E-state index is 0.351. The number of anilines is 2. The number of para-hydroxylation sites is 2. The second-order valence-electron chi connectivity index (χ2n) is 7.00. The third-order valence-corrected chi connectivity index (χ3v) is 6.88. The van der Waals surface area contributed by atoms with Gasteiger partial charge in [-0.3, -0.25) is 0 Å². The van der Waals surface area contributed by atoms with E-state index in [0.29, 0.717) is 5.28 Å². The Bertz CT molecular complexity index is 997. The minimum absolute atomic E-state index is 0.351.